The third-order valence-electron chi connectivity index (χ3n) is 1.71. The van der Waals surface area contributed by atoms with Crippen LogP contribution in [0.4, 0.5) is 0 Å². The van der Waals surface area contributed by atoms with Crippen molar-refractivity contribution in [3.05, 3.63) is 36.3 Å². The Kier molecular flexibility index (Phi) is 1.94. The third kappa shape index (κ3) is 1.38. The van der Waals surface area contributed by atoms with Gasteiger partial charge in [0.05, 0.1) is 0 Å². The maximum absolute atomic E-state index is 10.9. The van der Waals surface area contributed by atoms with Gasteiger partial charge >= 0.3 is 0 Å². The zero-order chi connectivity index (χ0) is 9.26. The summed E-state index contributed by atoms with van der Waals surface area (Å²) in [6.45, 7) is 0. The maximum Gasteiger partial charge on any atom is 0.273 e. The first-order chi connectivity index (χ1) is 6.29. The zero-order valence-corrected chi connectivity index (χ0v) is 7.32. The van der Waals surface area contributed by atoms with Gasteiger partial charge in [0, 0.05) is 17.8 Å². The summed E-state index contributed by atoms with van der Waals surface area (Å²) in [6, 6.07) is 5.43. The van der Waals surface area contributed by atoms with Gasteiger partial charge < -0.3 is 0 Å². The highest BCUT2D eigenvalue weighted by atomic mass is 35.5. The second-order valence-electron chi connectivity index (χ2n) is 2.51. The fourth-order valence-corrected chi connectivity index (χ4v) is 1.29. The molecule has 0 saturated carbocycles. The average Bonchev–Trinajstić information content (AvgIpc) is 2.17. The van der Waals surface area contributed by atoms with Gasteiger partial charge in [-0.1, -0.05) is 6.07 Å². The predicted molar refractivity (Wildman–Crippen MR) is 49.7 cm³/mol. The van der Waals surface area contributed by atoms with Crippen LogP contribution in [0.25, 0.3) is 10.9 Å². The van der Waals surface area contributed by atoms with E-state index in [0.717, 1.165) is 5.39 Å². The molecule has 2 aromatic rings. The second kappa shape index (κ2) is 3.11. The molecular weight excluding hydrogens is 188 g/mol. The predicted octanol–water partition coefficient (Wildman–Crippen LogP) is 2.01. The molecule has 0 amide bonds. The van der Waals surface area contributed by atoms with E-state index >= 15 is 0 Å². The molecule has 0 aliphatic heterocycles. The van der Waals surface area contributed by atoms with E-state index in [1.54, 1.807) is 24.5 Å². The summed E-state index contributed by atoms with van der Waals surface area (Å²) in [5.74, 6) is 0. The number of carbonyl (C=O) groups excluding carboxylic acids is 1. The number of pyridine rings is 2. The van der Waals surface area contributed by atoms with Crippen molar-refractivity contribution in [2.24, 2.45) is 0 Å². The molecule has 0 atom stereocenters. The van der Waals surface area contributed by atoms with Gasteiger partial charge in [0.1, 0.15) is 11.2 Å². The zero-order valence-electron chi connectivity index (χ0n) is 6.57. The van der Waals surface area contributed by atoms with Crippen molar-refractivity contribution in [1.29, 1.82) is 0 Å². The monoisotopic (exact) mass is 192 g/mol. The van der Waals surface area contributed by atoms with Crippen LogP contribution >= 0.6 is 11.6 Å². The first-order valence-electron chi connectivity index (χ1n) is 3.68. The van der Waals surface area contributed by atoms with E-state index in [9.17, 15) is 4.79 Å². The summed E-state index contributed by atoms with van der Waals surface area (Å²) in [5, 5.41) is 0.283. The second-order valence-corrected chi connectivity index (χ2v) is 2.85. The Morgan fingerprint density at radius 2 is 2.08 bits per heavy atom. The van der Waals surface area contributed by atoms with Gasteiger partial charge in [0.2, 0.25) is 0 Å². The molecule has 0 radical (unpaired) electrons. The highest BCUT2D eigenvalue weighted by Crippen LogP contribution is 2.14. The molecule has 0 N–H and O–H groups in total. The summed E-state index contributed by atoms with van der Waals surface area (Å²) in [6.07, 6.45) is 3.15. The molecule has 13 heavy (non-hydrogen) atoms. The van der Waals surface area contributed by atoms with Crippen LogP contribution in [0.1, 0.15) is 10.5 Å². The first-order valence-corrected chi connectivity index (χ1v) is 4.06. The number of fused-ring (bicyclic) bond motifs is 1. The molecule has 0 aliphatic rings. The van der Waals surface area contributed by atoms with Crippen molar-refractivity contribution < 1.29 is 4.79 Å². The fraction of sp³-hybridized carbons (Fsp3) is 0. The molecule has 4 heteroatoms. The van der Waals surface area contributed by atoms with Crippen LogP contribution in [0.3, 0.4) is 0 Å². The van der Waals surface area contributed by atoms with E-state index in [4.69, 9.17) is 11.6 Å². The quantitative estimate of drug-likeness (QED) is 0.650. The van der Waals surface area contributed by atoms with Gasteiger partial charge in [0.25, 0.3) is 5.24 Å². The van der Waals surface area contributed by atoms with E-state index in [1.165, 1.54) is 0 Å². The summed E-state index contributed by atoms with van der Waals surface area (Å²) in [4.78, 5) is 18.8. The Hall–Kier alpha value is -1.48. The standard InChI is InChI=1S/C9H5ClN2O/c10-9(13)8-7-6(3-5-12-8)2-1-4-11-7/h1-5H. The number of hydrogen-bond acceptors (Lipinski definition) is 3. The van der Waals surface area contributed by atoms with Crippen molar-refractivity contribution >= 4 is 27.7 Å². The molecule has 3 nitrogen and oxygen atoms in total. The molecule has 0 fully saturated rings. The van der Waals surface area contributed by atoms with Crippen molar-refractivity contribution in [2.75, 3.05) is 0 Å². The van der Waals surface area contributed by atoms with Crippen LogP contribution < -0.4 is 0 Å². The number of carbonyl (C=O) groups is 1. The van der Waals surface area contributed by atoms with E-state index in [2.05, 4.69) is 9.97 Å². The summed E-state index contributed by atoms with van der Waals surface area (Å²) < 4.78 is 0. The summed E-state index contributed by atoms with van der Waals surface area (Å²) in [5.41, 5.74) is 0.754. The van der Waals surface area contributed by atoms with Crippen LogP contribution in [0, 0.1) is 0 Å². The Morgan fingerprint density at radius 3 is 2.85 bits per heavy atom. The van der Waals surface area contributed by atoms with Crippen LogP contribution in [-0.2, 0) is 0 Å². The lowest BCUT2D eigenvalue weighted by molar-refractivity contribution is 0.107. The number of rotatable bonds is 1. The molecule has 0 saturated heterocycles. The van der Waals surface area contributed by atoms with Gasteiger partial charge in [-0.2, -0.15) is 0 Å². The molecule has 0 spiro atoms. The molecule has 2 heterocycles. The molecule has 0 unspecified atom stereocenters. The lowest BCUT2D eigenvalue weighted by Crippen LogP contribution is -1.96. The van der Waals surface area contributed by atoms with Crippen LogP contribution in [0.15, 0.2) is 30.6 Å². The lowest BCUT2D eigenvalue weighted by atomic mass is 10.2. The highest BCUT2D eigenvalue weighted by molar-refractivity contribution is 6.68. The number of aromatic nitrogens is 2. The molecule has 0 aliphatic carbocycles. The number of halogens is 1. The van der Waals surface area contributed by atoms with Crippen LogP contribution in [-0.4, -0.2) is 15.2 Å². The van der Waals surface area contributed by atoms with Gasteiger partial charge in [-0.05, 0) is 23.7 Å². The topological polar surface area (TPSA) is 42.9 Å². The Bertz CT molecular complexity index is 465. The van der Waals surface area contributed by atoms with E-state index in [-0.39, 0.29) is 5.69 Å². The fourth-order valence-electron chi connectivity index (χ4n) is 1.15. The smallest absolute Gasteiger partial charge is 0.273 e. The summed E-state index contributed by atoms with van der Waals surface area (Å²) >= 11 is 5.34. The van der Waals surface area contributed by atoms with Gasteiger partial charge in [-0.25, -0.2) is 4.98 Å². The van der Waals surface area contributed by atoms with Crippen LogP contribution in [0.2, 0.25) is 0 Å². The molecular formula is C9H5ClN2O. The molecule has 2 aromatic heterocycles. The van der Waals surface area contributed by atoms with Gasteiger partial charge in [0.15, 0.2) is 0 Å². The van der Waals surface area contributed by atoms with Gasteiger partial charge in [-0.15, -0.1) is 0 Å². The third-order valence-corrected chi connectivity index (χ3v) is 1.89. The minimum atomic E-state index is -0.579. The van der Waals surface area contributed by atoms with E-state index < -0.39 is 5.24 Å². The largest absolute Gasteiger partial charge is 0.274 e. The minimum absolute atomic E-state index is 0.208. The van der Waals surface area contributed by atoms with Crippen molar-refractivity contribution in [2.45, 2.75) is 0 Å². The number of nitrogens with zero attached hydrogens (tertiary/aromatic N) is 2. The van der Waals surface area contributed by atoms with E-state index in [0.29, 0.717) is 5.52 Å². The highest BCUT2D eigenvalue weighted by Gasteiger charge is 2.08. The average molecular weight is 193 g/mol. The molecule has 0 aromatic carbocycles. The molecule has 0 bridgehead atoms. The van der Waals surface area contributed by atoms with Crippen molar-refractivity contribution in [1.82, 2.24) is 9.97 Å². The number of hydrogen-bond donors (Lipinski definition) is 0. The molecule has 64 valence electrons. The Labute approximate surface area is 79.4 Å². The summed E-state index contributed by atoms with van der Waals surface area (Å²) in [7, 11) is 0. The van der Waals surface area contributed by atoms with E-state index in [1.807, 2.05) is 6.07 Å². The normalized spacial score (nSPS) is 10.2. The van der Waals surface area contributed by atoms with Crippen molar-refractivity contribution in [3.8, 4) is 0 Å². The Balaban J connectivity index is 2.83. The Morgan fingerprint density at radius 1 is 1.23 bits per heavy atom. The van der Waals surface area contributed by atoms with Crippen LogP contribution in [0.5, 0.6) is 0 Å². The lowest BCUT2D eigenvalue weighted by Gasteiger charge is -1.98. The SMILES string of the molecule is O=C(Cl)c1nccc2cccnc12. The minimum Gasteiger partial charge on any atom is -0.274 e. The first kappa shape index (κ1) is 8.13. The van der Waals surface area contributed by atoms with Crippen molar-refractivity contribution in [3.63, 3.8) is 0 Å². The maximum atomic E-state index is 10.9. The van der Waals surface area contributed by atoms with Gasteiger partial charge in [-0.3, -0.25) is 9.78 Å². The molecule has 2 rings (SSSR count).